The van der Waals surface area contributed by atoms with Crippen LogP contribution in [0.3, 0.4) is 0 Å². The zero-order valence-electron chi connectivity index (χ0n) is 13.0. The lowest BCUT2D eigenvalue weighted by Gasteiger charge is -2.07. The standard InChI is InChI=1S/C17H21ClN2O/c1-11(2)5-6-20-9-14(10-21)17(19-20)15-7-12(3)13(4)8-16(15)18/h7-11H,5-6H2,1-4H3. The molecule has 1 heterocycles. The Morgan fingerprint density at radius 2 is 1.95 bits per heavy atom. The number of nitrogens with zero attached hydrogens (tertiary/aromatic N) is 2. The Balaban J connectivity index is 2.43. The predicted octanol–water partition coefficient (Wildman–Crippen LogP) is 4.68. The van der Waals surface area contributed by atoms with Crippen molar-refractivity contribution in [3.8, 4) is 11.3 Å². The Hall–Kier alpha value is -1.61. The minimum absolute atomic E-state index is 0.587. The normalized spacial score (nSPS) is 11.1. The van der Waals surface area contributed by atoms with Gasteiger partial charge in [0.1, 0.15) is 5.69 Å². The second-order valence-electron chi connectivity index (χ2n) is 5.91. The molecule has 0 fully saturated rings. The van der Waals surface area contributed by atoms with Crippen molar-refractivity contribution in [1.29, 1.82) is 0 Å². The SMILES string of the molecule is Cc1cc(Cl)c(-c2nn(CCC(C)C)cc2C=O)cc1C. The summed E-state index contributed by atoms with van der Waals surface area (Å²) in [6, 6.07) is 3.92. The van der Waals surface area contributed by atoms with Crippen molar-refractivity contribution in [3.05, 3.63) is 40.0 Å². The molecule has 1 aromatic heterocycles. The summed E-state index contributed by atoms with van der Waals surface area (Å²) < 4.78 is 1.84. The van der Waals surface area contributed by atoms with Gasteiger partial charge < -0.3 is 0 Å². The van der Waals surface area contributed by atoms with E-state index < -0.39 is 0 Å². The Bertz CT molecular complexity index is 659. The van der Waals surface area contributed by atoms with Gasteiger partial charge in [-0.25, -0.2) is 0 Å². The second kappa shape index (κ2) is 6.44. The molecule has 21 heavy (non-hydrogen) atoms. The van der Waals surface area contributed by atoms with Gasteiger partial charge in [0.15, 0.2) is 6.29 Å². The third-order valence-electron chi connectivity index (χ3n) is 3.69. The average Bonchev–Trinajstić information content (AvgIpc) is 2.83. The van der Waals surface area contributed by atoms with Crippen LogP contribution in [0.2, 0.25) is 5.02 Å². The molecule has 0 aliphatic heterocycles. The van der Waals surface area contributed by atoms with E-state index in [0.29, 0.717) is 22.2 Å². The number of rotatable bonds is 5. The quantitative estimate of drug-likeness (QED) is 0.752. The highest BCUT2D eigenvalue weighted by Crippen LogP contribution is 2.31. The number of hydrogen-bond donors (Lipinski definition) is 0. The summed E-state index contributed by atoms with van der Waals surface area (Å²) in [4.78, 5) is 11.3. The Kier molecular flexibility index (Phi) is 4.84. The summed E-state index contributed by atoms with van der Waals surface area (Å²) in [7, 11) is 0. The first-order chi connectivity index (χ1) is 9.92. The molecule has 0 unspecified atom stereocenters. The van der Waals surface area contributed by atoms with Crippen LogP contribution in [0.5, 0.6) is 0 Å². The van der Waals surface area contributed by atoms with E-state index in [-0.39, 0.29) is 0 Å². The summed E-state index contributed by atoms with van der Waals surface area (Å²) in [5, 5.41) is 5.19. The van der Waals surface area contributed by atoms with E-state index in [4.69, 9.17) is 11.6 Å². The van der Waals surface area contributed by atoms with E-state index in [0.717, 1.165) is 35.9 Å². The minimum atomic E-state index is 0.587. The maximum atomic E-state index is 11.3. The number of carbonyl (C=O) groups is 1. The first-order valence-corrected chi connectivity index (χ1v) is 7.60. The maximum Gasteiger partial charge on any atom is 0.153 e. The predicted molar refractivity (Wildman–Crippen MR) is 87.0 cm³/mol. The van der Waals surface area contributed by atoms with Crippen LogP contribution in [-0.2, 0) is 6.54 Å². The maximum absolute atomic E-state index is 11.3. The monoisotopic (exact) mass is 304 g/mol. The van der Waals surface area contributed by atoms with Gasteiger partial charge in [-0.2, -0.15) is 5.10 Å². The molecular formula is C17H21ClN2O. The van der Waals surface area contributed by atoms with Crippen LogP contribution >= 0.6 is 11.6 Å². The second-order valence-corrected chi connectivity index (χ2v) is 6.32. The van der Waals surface area contributed by atoms with Gasteiger partial charge in [0.2, 0.25) is 0 Å². The molecule has 0 bridgehead atoms. The zero-order chi connectivity index (χ0) is 15.6. The van der Waals surface area contributed by atoms with Crippen molar-refractivity contribution in [2.24, 2.45) is 5.92 Å². The Labute approximate surface area is 130 Å². The molecule has 2 aromatic rings. The highest BCUT2D eigenvalue weighted by atomic mass is 35.5. The van der Waals surface area contributed by atoms with Crippen molar-refractivity contribution >= 4 is 17.9 Å². The number of benzene rings is 1. The van der Waals surface area contributed by atoms with Crippen LogP contribution in [0.15, 0.2) is 18.3 Å². The lowest BCUT2D eigenvalue weighted by molar-refractivity contribution is 0.112. The first kappa shape index (κ1) is 15.8. The fourth-order valence-corrected chi connectivity index (χ4v) is 2.51. The first-order valence-electron chi connectivity index (χ1n) is 7.22. The highest BCUT2D eigenvalue weighted by molar-refractivity contribution is 6.33. The third kappa shape index (κ3) is 3.53. The van der Waals surface area contributed by atoms with Gasteiger partial charge >= 0.3 is 0 Å². The largest absolute Gasteiger partial charge is 0.298 e. The van der Waals surface area contributed by atoms with E-state index in [9.17, 15) is 4.79 Å². The van der Waals surface area contributed by atoms with Crippen molar-refractivity contribution in [2.75, 3.05) is 0 Å². The van der Waals surface area contributed by atoms with E-state index >= 15 is 0 Å². The number of aromatic nitrogens is 2. The van der Waals surface area contributed by atoms with Crippen LogP contribution in [-0.4, -0.2) is 16.1 Å². The summed E-state index contributed by atoms with van der Waals surface area (Å²) >= 11 is 6.34. The molecule has 0 amide bonds. The minimum Gasteiger partial charge on any atom is -0.298 e. The molecule has 112 valence electrons. The molecular weight excluding hydrogens is 284 g/mol. The van der Waals surface area contributed by atoms with Gasteiger partial charge in [-0.1, -0.05) is 25.4 Å². The van der Waals surface area contributed by atoms with Crippen LogP contribution in [0, 0.1) is 19.8 Å². The van der Waals surface area contributed by atoms with Crippen molar-refractivity contribution in [3.63, 3.8) is 0 Å². The lowest BCUT2D eigenvalue weighted by Crippen LogP contribution is -2.02. The molecule has 0 aliphatic carbocycles. The number of aryl methyl sites for hydroxylation is 3. The summed E-state index contributed by atoms with van der Waals surface area (Å²) in [5.41, 5.74) is 4.36. The van der Waals surface area contributed by atoms with E-state index in [1.54, 1.807) is 6.20 Å². The van der Waals surface area contributed by atoms with E-state index in [1.165, 1.54) is 0 Å². The van der Waals surface area contributed by atoms with Crippen molar-refractivity contribution in [1.82, 2.24) is 9.78 Å². The van der Waals surface area contributed by atoms with Crippen molar-refractivity contribution < 1.29 is 4.79 Å². The van der Waals surface area contributed by atoms with Crippen LogP contribution < -0.4 is 0 Å². The van der Waals surface area contributed by atoms with Crippen LogP contribution in [0.4, 0.5) is 0 Å². The van der Waals surface area contributed by atoms with Gasteiger partial charge in [0.25, 0.3) is 0 Å². The summed E-state index contributed by atoms with van der Waals surface area (Å²) in [5.74, 6) is 0.600. The molecule has 0 spiro atoms. The zero-order valence-corrected chi connectivity index (χ0v) is 13.7. The van der Waals surface area contributed by atoms with Gasteiger partial charge in [-0.05, 0) is 49.4 Å². The molecule has 0 aliphatic rings. The van der Waals surface area contributed by atoms with Crippen LogP contribution in [0.1, 0.15) is 41.8 Å². The van der Waals surface area contributed by atoms with Gasteiger partial charge in [0, 0.05) is 18.3 Å². The molecule has 2 rings (SSSR count). The fraction of sp³-hybridized carbons (Fsp3) is 0.412. The molecule has 0 radical (unpaired) electrons. The number of hydrogen-bond acceptors (Lipinski definition) is 2. The summed E-state index contributed by atoms with van der Waals surface area (Å²) in [6.07, 6.45) is 3.68. The Morgan fingerprint density at radius 3 is 2.57 bits per heavy atom. The third-order valence-corrected chi connectivity index (χ3v) is 4.00. The average molecular weight is 305 g/mol. The summed E-state index contributed by atoms with van der Waals surface area (Å²) in [6.45, 7) is 9.20. The molecule has 0 saturated carbocycles. The molecule has 4 heteroatoms. The van der Waals surface area contributed by atoms with Crippen molar-refractivity contribution in [2.45, 2.75) is 40.7 Å². The molecule has 0 atom stereocenters. The van der Waals surface area contributed by atoms with Gasteiger partial charge in [-0.15, -0.1) is 0 Å². The molecule has 1 aromatic carbocycles. The van der Waals surface area contributed by atoms with E-state index in [1.807, 2.05) is 30.7 Å². The van der Waals surface area contributed by atoms with E-state index in [2.05, 4.69) is 18.9 Å². The Morgan fingerprint density at radius 1 is 1.29 bits per heavy atom. The molecule has 0 N–H and O–H groups in total. The number of carbonyl (C=O) groups excluding carboxylic acids is 1. The van der Waals surface area contributed by atoms with Gasteiger partial charge in [0.05, 0.1) is 10.6 Å². The fourth-order valence-electron chi connectivity index (χ4n) is 2.20. The number of aldehydes is 1. The van der Waals surface area contributed by atoms with Crippen LogP contribution in [0.25, 0.3) is 11.3 Å². The number of halogens is 1. The smallest absolute Gasteiger partial charge is 0.153 e. The molecule has 0 saturated heterocycles. The highest BCUT2D eigenvalue weighted by Gasteiger charge is 2.15. The molecule has 3 nitrogen and oxygen atoms in total. The topological polar surface area (TPSA) is 34.9 Å². The van der Waals surface area contributed by atoms with Gasteiger partial charge in [-0.3, -0.25) is 9.48 Å². The lowest BCUT2D eigenvalue weighted by atomic mass is 10.0.